The number of halogens is 3. The summed E-state index contributed by atoms with van der Waals surface area (Å²) in [5.41, 5.74) is -1.47. The van der Waals surface area contributed by atoms with E-state index in [1.54, 1.807) is 44.3 Å². The van der Waals surface area contributed by atoms with Gasteiger partial charge in [0.2, 0.25) is 0 Å². The summed E-state index contributed by atoms with van der Waals surface area (Å²) < 4.78 is 50.5. The molecule has 0 aliphatic heterocycles. The molecule has 1 aromatic carbocycles. The molecule has 1 N–H and O–H groups in total. The predicted octanol–water partition coefficient (Wildman–Crippen LogP) is 3.09. The minimum atomic E-state index is -5.06. The molecule has 2 aromatic rings. The third-order valence-corrected chi connectivity index (χ3v) is 6.64. The smallest absolute Gasteiger partial charge is 0.471 e. The zero-order valence-electron chi connectivity index (χ0n) is 22.9. The van der Waals surface area contributed by atoms with Crippen LogP contribution in [0.4, 0.5) is 13.2 Å². The van der Waals surface area contributed by atoms with E-state index in [1.165, 1.54) is 4.68 Å². The molecule has 0 atom stereocenters. The highest BCUT2D eigenvalue weighted by molar-refractivity contribution is 5.81. The number of nitrogens with one attached hydrogen (secondary N) is 1. The Morgan fingerprint density at radius 2 is 1.82 bits per heavy atom. The van der Waals surface area contributed by atoms with E-state index < -0.39 is 48.0 Å². The minimum absolute atomic E-state index is 0.132. The average molecular weight is 569 g/mol. The second kappa shape index (κ2) is 13.1. The van der Waals surface area contributed by atoms with Crippen molar-refractivity contribution in [2.24, 2.45) is 0 Å². The van der Waals surface area contributed by atoms with Gasteiger partial charge in [-0.3, -0.25) is 14.2 Å². The van der Waals surface area contributed by atoms with Gasteiger partial charge in [-0.25, -0.2) is 14.3 Å². The summed E-state index contributed by atoms with van der Waals surface area (Å²) in [6.45, 7) is 4.39. The van der Waals surface area contributed by atoms with Crippen molar-refractivity contribution in [3.8, 4) is 5.75 Å². The van der Waals surface area contributed by atoms with Crippen molar-refractivity contribution in [1.29, 1.82) is 0 Å². The molecular weight excluding hydrogens is 533 g/mol. The maximum absolute atomic E-state index is 13.1. The van der Waals surface area contributed by atoms with Crippen LogP contribution in [-0.4, -0.2) is 51.2 Å². The van der Waals surface area contributed by atoms with E-state index in [-0.39, 0.29) is 24.8 Å². The van der Waals surface area contributed by atoms with E-state index in [0.717, 1.165) is 35.8 Å². The quantitative estimate of drug-likeness (QED) is 0.391. The van der Waals surface area contributed by atoms with E-state index in [0.29, 0.717) is 18.6 Å². The lowest BCUT2D eigenvalue weighted by Crippen LogP contribution is -2.47. The van der Waals surface area contributed by atoms with Crippen molar-refractivity contribution in [3.63, 3.8) is 0 Å². The number of aryl methyl sites for hydroxylation is 2. The third-order valence-electron chi connectivity index (χ3n) is 6.64. The summed E-state index contributed by atoms with van der Waals surface area (Å²) in [4.78, 5) is 49.4. The van der Waals surface area contributed by atoms with Crippen LogP contribution in [0, 0.1) is 0 Å². The van der Waals surface area contributed by atoms with Crippen LogP contribution in [0.25, 0.3) is 0 Å². The van der Waals surface area contributed by atoms with E-state index in [2.05, 4.69) is 5.10 Å². The van der Waals surface area contributed by atoms with Crippen molar-refractivity contribution in [2.75, 3.05) is 13.2 Å². The first kappa shape index (κ1) is 30.9. The first-order valence-electron chi connectivity index (χ1n) is 13.4. The van der Waals surface area contributed by atoms with E-state index in [1.807, 2.05) is 6.07 Å². The van der Waals surface area contributed by atoms with Gasteiger partial charge in [-0.2, -0.15) is 18.3 Å². The number of carbonyl (C=O) groups is 2. The Bertz CT molecular complexity index is 1310. The Morgan fingerprint density at radius 3 is 2.48 bits per heavy atom. The summed E-state index contributed by atoms with van der Waals surface area (Å²) in [6.07, 6.45) is -0.777. The second-order valence-electron chi connectivity index (χ2n) is 10.2. The fourth-order valence-corrected chi connectivity index (χ4v) is 4.60. The van der Waals surface area contributed by atoms with Gasteiger partial charge in [0, 0.05) is 25.6 Å². The molecule has 3 rings (SSSR count). The Morgan fingerprint density at radius 1 is 1.12 bits per heavy atom. The Labute approximate surface area is 229 Å². The summed E-state index contributed by atoms with van der Waals surface area (Å²) in [5, 5.41) is 6.06. The Balaban J connectivity index is 1.74. The highest BCUT2D eigenvalue weighted by atomic mass is 19.4. The van der Waals surface area contributed by atoms with Crippen LogP contribution in [0.5, 0.6) is 5.75 Å². The number of alkyl halides is 3. The number of hydrogen-bond acceptors (Lipinski definition) is 7. The molecule has 0 radical (unpaired) electrons. The molecule has 0 saturated heterocycles. The number of rotatable bonds is 12. The van der Waals surface area contributed by atoms with E-state index in [4.69, 9.17) is 9.47 Å². The van der Waals surface area contributed by atoms with Gasteiger partial charge < -0.3 is 14.8 Å². The number of carbonyl (C=O) groups excluding carboxylic acids is 2. The highest BCUT2D eigenvalue weighted by Gasteiger charge is 2.38. The molecule has 1 aliphatic carbocycles. The van der Waals surface area contributed by atoms with Crippen LogP contribution in [0.3, 0.4) is 0 Å². The number of benzene rings is 1. The average Bonchev–Trinajstić information content (AvgIpc) is 3.41. The summed E-state index contributed by atoms with van der Waals surface area (Å²) >= 11 is 0. The van der Waals surface area contributed by atoms with Crippen LogP contribution < -0.4 is 21.3 Å². The number of esters is 1. The molecule has 220 valence electrons. The summed E-state index contributed by atoms with van der Waals surface area (Å²) in [5.74, 6) is -2.28. The van der Waals surface area contributed by atoms with Gasteiger partial charge in [-0.15, -0.1) is 0 Å². The second-order valence-corrected chi connectivity index (χ2v) is 10.2. The number of nitrogens with zero attached hydrogens (tertiary/aromatic N) is 3. The van der Waals surface area contributed by atoms with Crippen molar-refractivity contribution < 1.29 is 32.2 Å². The standard InChI is InChI=1S/C27H35F3N4O6/c1-4-39-24(37)26(2,3)40-20-13-7-9-18(17-20)10-8-15-34-25(38)33(16-14-31-23(36)27(28,29)30)22(35)21(32-34)19-11-5-6-12-19/h7,9,13,17,19H,4-6,8,10-12,14-16H2,1-3H3,(H,31,36). The third kappa shape index (κ3) is 7.95. The predicted molar refractivity (Wildman–Crippen MR) is 139 cm³/mol. The van der Waals surface area contributed by atoms with Gasteiger partial charge in [-0.1, -0.05) is 25.0 Å². The monoisotopic (exact) mass is 568 g/mol. The lowest BCUT2D eigenvalue weighted by Gasteiger charge is -2.24. The summed E-state index contributed by atoms with van der Waals surface area (Å²) in [7, 11) is 0. The highest BCUT2D eigenvalue weighted by Crippen LogP contribution is 2.31. The first-order valence-corrected chi connectivity index (χ1v) is 13.4. The number of aromatic nitrogens is 3. The molecule has 1 amide bonds. The summed E-state index contributed by atoms with van der Waals surface area (Å²) in [6, 6.07) is 7.15. The van der Waals surface area contributed by atoms with Gasteiger partial charge in [0.15, 0.2) is 5.60 Å². The molecule has 0 unspecified atom stereocenters. The van der Waals surface area contributed by atoms with Gasteiger partial charge in [0.25, 0.3) is 5.56 Å². The number of hydrogen-bond donors (Lipinski definition) is 1. The van der Waals surface area contributed by atoms with Gasteiger partial charge in [0.1, 0.15) is 11.4 Å². The Hall–Kier alpha value is -3.64. The fraction of sp³-hybridized carbons (Fsp3) is 0.593. The zero-order valence-corrected chi connectivity index (χ0v) is 22.9. The molecule has 1 aromatic heterocycles. The maximum Gasteiger partial charge on any atom is 0.471 e. The lowest BCUT2D eigenvalue weighted by atomic mass is 10.0. The zero-order chi connectivity index (χ0) is 29.5. The van der Waals surface area contributed by atoms with Crippen molar-refractivity contribution in [2.45, 2.75) is 90.1 Å². The largest absolute Gasteiger partial charge is 0.476 e. The molecule has 1 aliphatic rings. The minimum Gasteiger partial charge on any atom is -0.476 e. The lowest BCUT2D eigenvalue weighted by molar-refractivity contribution is -0.173. The van der Waals surface area contributed by atoms with Crippen LogP contribution in [0.1, 0.15) is 70.1 Å². The van der Waals surface area contributed by atoms with Crippen LogP contribution in [0.2, 0.25) is 0 Å². The molecule has 13 heteroatoms. The molecule has 1 heterocycles. The van der Waals surface area contributed by atoms with Crippen molar-refractivity contribution in [1.82, 2.24) is 19.7 Å². The topological polar surface area (TPSA) is 122 Å². The molecule has 1 fully saturated rings. The molecule has 10 nitrogen and oxygen atoms in total. The van der Waals surface area contributed by atoms with Crippen LogP contribution >= 0.6 is 0 Å². The maximum atomic E-state index is 13.1. The van der Waals surface area contributed by atoms with Gasteiger partial charge >= 0.3 is 23.7 Å². The van der Waals surface area contributed by atoms with Crippen LogP contribution in [0.15, 0.2) is 33.9 Å². The SMILES string of the molecule is CCOC(=O)C(C)(C)Oc1cccc(CCCn2nc(C3CCCC3)c(=O)n(CCNC(=O)C(F)(F)F)c2=O)c1. The van der Waals surface area contributed by atoms with Gasteiger partial charge in [-0.05, 0) is 64.2 Å². The normalized spacial score (nSPS) is 14.2. The molecule has 0 bridgehead atoms. The van der Waals surface area contributed by atoms with Crippen LogP contribution in [-0.2, 0) is 33.8 Å². The first-order chi connectivity index (χ1) is 18.8. The number of ether oxygens (including phenoxy) is 2. The number of amides is 1. The Kier molecular flexibility index (Phi) is 10.2. The van der Waals surface area contributed by atoms with E-state index >= 15 is 0 Å². The van der Waals surface area contributed by atoms with Gasteiger partial charge in [0.05, 0.1) is 6.61 Å². The van der Waals surface area contributed by atoms with Crippen molar-refractivity contribution >= 4 is 11.9 Å². The molecule has 1 saturated carbocycles. The fourth-order valence-electron chi connectivity index (χ4n) is 4.60. The molecule has 0 spiro atoms. The van der Waals surface area contributed by atoms with Crippen molar-refractivity contribution in [3.05, 3.63) is 56.4 Å². The molecule has 40 heavy (non-hydrogen) atoms. The van der Waals surface area contributed by atoms with E-state index in [9.17, 15) is 32.3 Å². The molecular formula is C27H35F3N4O6.